The predicted molar refractivity (Wildman–Crippen MR) is 136 cm³/mol. The molecule has 2 aliphatic heterocycles. The maximum atomic E-state index is 12.6. The summed E-state index contributed by atoms with van der Waals surface area (Å²) in [6.07, 6.45) is 6.45. The molecule has 2 heterocycles. The standard InChI is InChI=1S/C28H50N2O6/c1-25(2)19-29(20-26(3,4)24(25)33)36-23(32)16-14-12-10-9-11-13-15-22(31)35-21-17-27(5,6)30(34)28(7,8)18-21/h21,24H,9-20H2,1-8H3. The summed E-state index contributed by atoms with van der Waals surface area (Å²) >= 11 is 0. The second kappa shape index (κ2) is 12.1. The van der Waals surface area contributed by atoms with Crippen molar-refractivity contribution < 1.29 is 29.5 Å². The van der Waals surface area contributed by atoms with Gasteiger partial charge in [0.15, 0.2) is 0 Å². The van der Waals surface area contributed by atoms with Gasteiger partial charge in [0.2, 0.25) is 0 Å². The number of ether oxygens (including phenoxy) is 1. The van der Waals surface area contributed by atoms with Gasteiger partial charge in [-0.05, 0) is 40.5 Å². The van der Waals surface area contributed by atoms with Crippen LogP contribution >= 0.6 is 0 Å². The van der Waals surface area contributed by atoms with Crippen LogP contribution in [0.3, 0.4) is 0 Å². The third-order valence-electron chi connectivity index (χ3n) is 7.68. The van der Waals surface area contributed by atoms with Gasteiger partial charge in [0.25, 0.3) is 0 Å². The molecule has 208 valence electrons. The highest BCUT2D eigenvalue weighted by atomic mass is 16.7. The normalized spacial score (nSPS) is 24.4. The van der Waals surface area contributed by atoms with Crippen molar-refractivity contribution in [2.45, 2.75) is 143 Å². The van der Waals surface area contributed by atoms with E-state index in [1.165, 1.54) is 0 Å². The van der Waals surface area contributed by atoms with Crippen LogP contribution in [0.5, 0.6) is 0 Å². The minimum Gasteiger partial charge on any atom is -0.462 e. The van der Waals surface area contributed by atoms with Crippen LogP contribution in [0.1, 0.15) is 120 Å². The summed E-state index contributed by atoms with van der Waals surface area (Å²) in [6.45, 7) is 16.3. The molecule has 0 bridgehead atoms. The van der Waals surface area contributed by atoms with Crippen molar-refractivity contribution >= 4 is 11.9 Å². The molecule has 2 aliphatic rings. The number of carbonyl (C=O) groups excluding carboxylic acids is 2. The lowest BCUT2D eigenvalue weighted by atomic mass is 9.69. The number of rotatable bonds is 11. The largest absolute Gasteiger partial charge is 0.462 e. The van der Waals surface area contributed by atoms with E-state index in [0.717, 1.165) is 43.6 Å². The van der Waals surface area contributed by atoms with Gasteiger partial charge in [-0.3, -0.25) is 9.59 Å². The zero-order chi connectivity index (χ0) is 27.4. The van der Waals surface area contributed by atoms with Crippen LogP contribution in [-0.4, -0.2) is 58.4 Å². The lowest BCUT2D eigenvalue weighted by Crippen LogP contribution is -2.60. The minimum atomic E-state index is -0.696. The third-order valence-corrected chi connectivity index (χ3v) is 7.68. The number of hydrogen-bond acceptors (Lipinski definition) is 6. The van der Waals surface area contributed by atoms with Gasteiger partial charge < -0.3 is 9.57 Å². The molecule has 2 rings (SSSR count). The van der Waals surface area contributed by atoms with Crippen molar-refractivity contribution in [1.82, 2.24) is 10.1 Å². The first-order valence-electron chi connectivity index (χ1n) is 13.7. The van der Waals surface area contributed by atoms with Gasteiger partial charge in [0.1, 0.15) is 12.2 Å². The zero-order valence-electron chi connectivity index (χ0n) is 24.0. The Hall–Kier alpha value is -1.22. The Bertz CT molecular complexity index is 650. The highest BCUT2D eigenvalue weighted by Gasteiger charge is 2.49. The van der Waals surface area contributed by atoms with E-state index >= 15 is 0 Å². The molecule has 0 aromatic carbocycles. The summed E-state index contributed by atoms with van der Waals surface area (Å²) in [6, 6.07) is 0. The van der Waals surface area contributed by atoms with Crippen LogP contribution in [0, 0.1) is 10.8 Å². The Morgan fingerprint density at radius 2 is 1.14 bits per heavy atom. The Morgan fingerprint density at radius 3 is 1.61 bits per heavy atom. The first kappa shape index (κ1) is 31.0. The van der Waals surface area contributed by atoms with E-state index in [1.54, 1.807) is 5.06 Å². The fourth-order valence-electron chi connectivity index (χ4n) is 6.19. The van der Waals surface area contributed by atoms with Crippen LogP contribution in [0.25, 0.3) is 0 Å². The van der Waals surface area contributed by atoms with Crippen molar-refractivity contribution in [3.8, 4) is 0 Å². The highest BCUT2D eigenvalue weighted by Crippen LogP contribution is 2.41. The number of piperidine rings is 2. The number of nitrogens with zero attached hydrogens (tertiary/aromatic N) is 2. The summed E-state index contributed by atoms with van der Waals surface area (Å²) < 4.78 is 5.70. The molecule has 8 nitrogen and oxygen atoms in total. The second-order valence-electron chi connectivity index (χ2n) is 13.7. The smallest absolute Gasteiger partial charge is 0.325 e. The van der Waals surface area contributed by atoms with Crippen LogP contribution in [0.2, 0.25) is 0 Å². The summed E-state index contributed by atoms with van der Waals surface area (Å²) in [5.74, 6) is -0.413. The Labute approximate surface area is 218 Å². The fourth-order valence-corrected chi connectivity index (χ4v) is 6.19. The van der Waals surface area contributed by atoms with Crippen molar-refractivity contribution in [2.75, 3.05) is 13.1 Å². The number of unbranched alkanes of at least 4 members (excludes halogenated alkanes) is 5. The van der Waals surface area contributed by atoms with E-state index in [2.05, 4.69) is 0 Å². The third kappa shape index (κ3) is 8.67. The Morgan fingerprint density at radius 1 is 0.722 bits per heavy atom. The predicted octanol–water partition coefficient (Wildman–Crippen LogP) is 5.64. The maximum Gasteiger partial charge on any atom is 0.325 e. The summed E-state index contributed by atoms with van der Waals surface area (Å²) in [5, 5.41) is 27.8. The second-order valence-corrected chi connectivity index (χ2v) is 13.7. The van der Waals surface area contributed by atoms with Crippen LogP contribution < -0.4 is 0 Å². The van der Waals surface area contributed by atoms with Gasteiger partial charge in [-0.25, -0.2) is 5.11 Å². The number of esters is 1. The monoisotopic (exact) mass is 510 g/mol. The van der Waals surface area contributed by atoms with Crippen LogP contribution in [-0.2, 0) is 29.5 Å². The molecular weight excluding hydrogens is 460 g/mol. The van der Waals surface area contributed by atoms with Crippen molar-refractivity contribution in [3.05, 3.63) is 0 Å². The van der Waals surface area contributed by atoms with E-state index in [-0.39, 0.29) is 18.0 Å². The molecule has 0 aliphatic carbocycles. The van der Waals surface area contributed by atoms with E-state index in [0.29, 0.717) is 38.8 Å². The Balaban J connectivity index is 1.54. The summed E-state index contributed by atoms with van der Waals surface area (Å²) in [5.41, 5.74) is -1.98. The Kier molecular flexibility index (Phi) is 10.4. The topological polar surface area (TPSA) is 98.9 Å². The van der Waals surface area contributed by atoms with Crippen LogP contribution in [0.15, 0.2) is 0 Å². The molecule has 0 unspecified atom stereocenters. The minimum absolute atomic E-state index is 0.180. The molecule has 2 fully saturated rings. The van der Waals surface area contributed by atoms with Gasteiger partial charge >= 0.3 is 11.9 Å². The average molecular weight is 511 g/mol. The summed E-state index contributed by atoms with van der Waals surface area (Å²) in [4.78, 5) is 30.1. The lowest BCUT2D eigenvalue weighted by Gasteiger charge is -2.49. The first-order chi connectivity index (χ1) is 16.5. The molecule has 2 saturated heterocycles. The molecule has 8 heteroatoms. The molecule has 2 radical (unpaired) electrons. The molecule has 36 heavy (non-hydrogen) atoms. The maximum absolute atomic E-state index is 12.6. The molecule has 0 saturated carbocycles. The molecule has 0 atom stereocenters. The number of carbonyl (C=O) groups is 2. The van der Waals surface area contributed by atoms with Crippen molar-refractivity contribution in [3.63, 3.8) is 0 Å². The quantitative estimate of drug-likeness (QED) is 0.263. The molecule has 0 aromatic heterocycles. The summed E-state index contributed by atoms with van der Waals surface area (Å²) in [7, 11) is 0. The van der Waals surface area contributed by atoms with Gasteiger partial charge in [0, 0.05) is 60.7 Å². The fraction of sp³-hybridized carbons (Fsp3) is 0.929. The molecule has 0 amide bonds. The SMILES string of the molecule is CC1(C)CN(OC(=O)CCCCCCCCC(=O)OC2CC(C)(C)N([O])C(C)(C)C2)CC(C)(C)C1[O]. The molecule has 0 N–H and O–H groups in total. The van der Waals surface area contributed by atoms with Crippen molar-refractivity contribution in [1.29, 1.82) is 0 Å². The number of hydrogen-bond donors (Lipinski definition) is 0. The van der Waals surface area contributed by atoms with E-state index < -0.39 is 28.0 Å². The molecular formula is C28H50N2O6. The van der Waals surface area contributed by atoms with Gasteiger partial charge in [-0.15, -0.1) is 15.3 Å². The van der Waals surface area contributed by atoms with E-state index in [9.17, 15) is 19.9 Å². The van der Waals surface area contributed by atoms with Crippen molar-refractivity contribution in [2.24, 2.45) is 10.8 Å². The molecule has 0 spiro atoms. The van der Waals surface area contributed by atoms with Gasteiger partial charge in [0.05, 0.1) is 0 Å². The number of hydroxylamine groups is 4. The van der Waals surface area contributed by atoms with Gasteiger partial charge in [-0.2, -0.15) is 0 Å². The average Bonchev–Trinajstić information content (AvgIpc) is 2.71. The highest BCUT2D eigenvalue weighted by molar-refractivity contribution is 5.69. The zero-order valence-corrected chi connectivity index (χ0v) is 24.0. The van der Waals surface area contributed by atoms with E-state index in [4.69, 9.17) is 9.57 Å². The van der Waals surface area contributed by atoms with Crippen LogP contribution in [0.4, 0.5) is 0 Å². The molecule has 0 aromatic rings. The van der Waals surface area contributed by atoms with Gasteiger partial charge in [-0.1, -0.05) is 53.4 Å². The lowest BCUT2D eigenvalue weighted by molar-refractivity contribution is -0.299. The first-order valence-corrected chi connectivity index (χ1v) is 13.7. The van der Waals surface area contributed by atoms with E-state index in [1.807, 2.05) is 55.4 Å².